The van der Waals surface area contributed by atoms with Crippen LogP contribution < -0.4 is 4.90 Å². The van der Waals surface area contributed by atoms with Crippen LogP contribution >= 0.6 is 11.8 Å². The van der Waals surface area contributed by atoms with Gasteiger partial charge in [0, 0.05) is 47.2 Å². The Bertz CT molecular complexity index is 1160. The summed E-state index contributed by atoms with van der Waals surface area (Å²) in [6.07, 6.45) is 2.60. The van der Waals surface area contributed by atoms with E-state index in [4.69, 9.17) is 0 Å². The number of aryl methyl sites for hydroxylation is 2. The summed E-state index contributed by atoms with van der Waals surface area (Å²) in [5.74, 6) is -0.140. The maximum absolute atomic E-state index is 14.0. The third-order valence-corrected chi connectivity index (χ3v) is 7.10. The third-order valence-electron chi connectivity index (χ3n) is 5.96. The number of fused-ring (bicyclic) bond motifs is 2. The Kier molecular flexibility index (Phi) is 4.65. The highest BCUT2D eigenvalue weighted by molar-refractivity contribution is 8.14. The van der Waals surface area contributed by atoms with Crippen LogP contribution in [-0.2, 0) is 18.3 Å². The summed E-state index contributed by atoms with van der Waals surface area (Å²) in [5.41, 5.74) is 5.13. The monoisotopic (exact) mass is 425 g/mol. The van der Waals surface area contributed by atoms with E-state index in [0.717, 1.165) is 46.8 Å². The fourth-order valence-electron chi connectivity index (χ4n) is 4.37. The second-order valence-electron chi connectivity index (χ2n) is 7.89. The highest BCUT2D eigenvalue weighted by Gasteiger charge is 2.30. The molecule has 154 valence electrons. The number of hydrogen-bond acceptors (Lipinski definition) is 4. The van der Waals surface area contributed by atoms with Crippen LogP contribution in [0.4, 0.5) is 20.2 Å². The molecule has 1 unspecified atom stereocenters. The molecule has 1 aromatic heterocycles. The van der Waals surface area contributed by atoms with Crippen LogP contribution in [0.2, 0.25) is 0 Å². The second kappa shape index (κ2) is 7.23. The van der Waals surface area contributed by atoms with Crippen LogP contribution in [0.1, 0.15) is 42.4 Å². The second-order valence-corrected chi connectivity index (χ2v) is 8.94. The Morgan fingerprint density at radius 3 is 2.80 bits per heavy atom. The number of alkyl halides is 2. The van der Waals surface area contributed by atoms with Crippen molar-refractivity contribution in [2.75, 3.05) is 11.4 Å². The molecule has 3 heterocycles. The molecule has 0 saturated heterocycles. The van der Waals surface area contributed by atoms with Crippen molar-refractivity contribution in [3.63, 3.8) is 0 Å². The molecule has 0 N–H and O–H groups in total. The van der Waals surface area contributed by atoms with Crippen LogP contribution in [-0.4, -0.2) is 21.4 Å². The van der Waals surface area contributed by atoms with Crippen molar-refractivity contribution >= 4 is 28.3 Å². The highest BCUT2D eigenvalue weighted by Crippen LogP contribution is 2.45. The molecule has 30 heavy (non-hydrogen) atoms. The van der Waals surface area contributed by atoms with Gasteiger partial charge in [0.25, 0.3) is 6.43 Å². The zero-order valence-corrected chi connectivity index (χ0v) is 17.5. The third kappa shape index (κ3) is 3.12. The molecule has 5 rings (SSSR count). The van der Waals surface area contributed by atoms with E-state index in [1.54, 1.807) is 30.2 Å². The van der Waals surface area contributed by atoms with Gasteiger partial charge in [0.2, 0.25) is 5.12 Å². The number of nitrogens with zero attached hydrogens (tertiary/aromatic N) is 3. The molecule has 2 aromatic carbocycles. The number of thioether (sulfide) groups is 1. The minimum absolute atomic E-state index is 0.0221. The fourth-order valence-corrected chi connectivity index (χ4v) is 5.38. The Hall–Kier alpha value is -2.67. The zero-order chi connectivity index (χ0) is 21.0. The van der Waals surface area contributed by atoms with Crippen molar-refractivity contribution in [3.8, 4) is 11.1 Å². The van der Waals surface area contributed by atoms with Gasteiger partial charge in [-0.1, -0.05) is 18.7 Å². The number of rotatable bonds is 3. The fraction of sp³-hybridized carbons (Fsp3) is 0.304. The van der Waals surface area contributed by atoms with E-state index >= 15 is 0 Å². The van der Waals surface area contributed by atoms with Crippen LogP contribution in [0, 0.1) is 0 Å². The van der Waals surface area contributed by atoms with Crippen molar-refractivity contribution in [2.24, 2.45) is 7.05 Å². The summed E-state index contributed by atoms with van der Waals surface area (Å²) >= 11 is 1.28. The standard InChI is InChI=1S/C23H21F2N3OS/c1-13-17-9-16(5-6-21(17)30-23(13)29)28-7-3-4-14-8-18(15-11-26-27(2)12-15)19(22(24)25)10-20(14)28/h5-6,8-13,22H,3-4,7H2,1-2H3. The topological polar surface area (TPSA) is 38.1 Å². The smallest absolute Gasteiger partial charge is 0.264 e. The van der Waals surface area contributed by atoms with Gasteiger partial charge in [0.1, 0.15) is 0 Å². The molecule has 0 saturated carbocycles. The molecule has 0 radical (unpaired) electrons. The number of benzene rings is 2. The van der Waals surface area contributed by atoms with Gasteiger partial charge in [-0.2, -0.15) is 5.10 Å². The number of anilines is 2. The average molecular weight is 426 g/mol. The normalized spacial score (nSPS) is 18.1. The summed E-state index contributed by atoms with van der Waals surface area (Å²) in [6, 6.07) is 9.55. The molecular weight excluding hydrogens is 404 g/mol. The summed E-state index contributed by atoms with van der Waals surface area (Å²) in [7, 11) is 1.78. The molecule has 3 aromatic rings. The van der Waals surface area contributed by atoms with Crippen molar-refractivity contribution in [3.05, 3.63) is 59.4 Å². The molecule has 0 fully saturated rings. The molecule has 0 amide bonds. The van der Waals surface area contributed by atoms with Crippen molar-refractivity contribution in [2.45, 2.75) is 37.0 Å². The summed E-state index contributed by atoms with van der Waals surface area (Å²) in [5, 5.41) is 4.30. The van der Waals surface area contributed by atoms with Gasteiger partial charge in [-0.15, -0.1) is 0 Å². The van der Waals surface area contributed by atoms with Crippen molar-refractivity contribution in [1.29, 1.82) is 0 Å². The van der Waals surface area contributed by atoms with Gasteiger partial charge in [-0.25, -0.2) is 8.78 Å². The molecule has 0 bridgehead atoms. The van der Waals surface area contributed by atoms with Crippen LogP contribution in [0.15, 0.2) is 47.6 Å². The van der Waals surface area contributed by atoms with Gasteiger partial charge in [-0.05, 0) is 59.9 Å². The molecule has 2 aliphatic heterocycles. The Morgan fingerprint density at radius 2 is 2.07 bits per heavy atom. The molecule has 1 atom stereocenters. The summed E-state index contributed by atoms with van der Waals surface area (Å²) in [4.78, 5) is 15.2. The Balaban J connectivity index is 1.61. The predicted octanol–water partition coefficient (Wildman–Crippen LogP) is 5.84. The molecule has 0 spiro atoms. The van der Waals surface area contributed by atoms with Crippen molar-refractivity contribution in [1.82, 2.24) is 9.78 Å². The van der Waals surface area contributed by atoms with Gasteiger partial charge < -0.3 is 4.90 Å². The minimum atomic E-state index is -2.58. The van der Waals surface area contributed by atoms with E-state index in [1.165, 1.54) is 11.8 Å². The Morgan fingerprint density at radius 1 is 1.23 bits per heavy atom. The van der Waals surface area contributed by atoms with Crippen LogP contribution in [0.3, 0.4) is 0 Å². The van der Waals surface area contributed by atoms with Crippen LogP contribution in [0.5, 0.6) is 0 Å². The lowest BCUT2D eigenvalue weighted by atomic mass is 9.92. The average Bonchev–Trinajstić information content (AvgIpc) is 3.29. The molecule has 2 aliphatic rings. The Labute approximate surface area is 177 Å². The van der Waals surface area contributed by atoms with E-state index in [1.807, 2.05) is 31.2 Å². The predicted molar refractivity (Wildman–Crippen MR) is 115 cm³/mol. The van der Waals surface area contributed by atoms with Gasteiger partial charge in [0.05, 0.1) is 12.1 Å². The zero-order valence-electron chi connectivity index (χ0n) is 16.7. The lowest BCUT2D eigenvalue weighted by Gasteiger charge is -2.33. The lowest BCUT2D eigenvalue weighted by Crippen LogP contribution is -2.25. The number of halogens is 2. The largest absolute Gasteiger partial charge is 0.341 e. The summed E-state index contributed by atoms with van der Waals surface area (Å²) in [6.45, 7) is 2.68. The van der Waals surface area contributed by atoms with Crippen molar-refractivity contribution < 1.29 is 13.6 Å². The van der Waals surface area contributed by atoms with E-state index in [2.05, 4.69) is 10.00 Å². The van der Waals surface area contributed by atoms with E-state index in [0.29, 0.717) is 11.1 Å². The molecule has 4 nitrogen and oxygen atoms in total. The molecule has 7 heteroatoms. The van der Waals surface area contributed by atoms with Gasteiger partial charge in [-0.3, -0.25) is 9.48 Å². The first kappa shape index (κ1) is 19.3. The van der Waals surface area contributed by atoms with Gasteiger partial charge in [0.15, 0.2) is 0 Å². The first-order valence-corrected chi connectivity index (χ1v) is 10.8. The maximum Gasteiger partial charge on any atom is 0.264 e. The minimum Gasteiger partial charge on any atom is -0.341 e. The first-order valence-electron chi connectivity index (χ1n) is 9.99. The number of aromatic nitrogens is 2. The van der Waals surface area contributed by atoms with Gasteiger partial charge >= 0.3 is 0 Å². The van der Waals surface area contributed by atoms with E-state index in [-0.39, 0.29) is 16.6 Å². The number of carbonyl (C=O) groups excluding carboxylic acids is 1. The van der Waals surface area contributed by atoms with E-state index in [9.17, 15) is 13.6 Å². The quantitative estimate of drug-likeness (QED) is 0.528. The lowest BCUT2D eigenvalue weighted by molar-refractivity contribution is -0.111. The summed E-state index contributed by atoms with van der Waals surface area (Å²) < 4.78 is 29.6. The number of carbonyl (C=O) groups is 1. The SMILES string of the molecule is CC1C(=O)Sc2ccc(N3CCCc4cc(-c5cnn(C)c5)c(C(F)F)cc43)cc21. The molecular formula is C23H21F2N3OS. The highest BCUT2D eigenvalue weighted by atomic mass is 32.2. The first-order chi connectivity index (χ1) is 14.4. The number of hydrogen-bond donors (Lipinski definition) is 0. The maximum atomic E-state index is 14.0. The van der Waals surface area contributed by atoms with E-state index < -0.39 is 6.43 Å². The van der Waals surface area contributed by atoms with Crippen LogP contribution in [0.25, 0.3) is 11.1 Å². The molecule has 0 aliphatic carbocycles.